The maximum Gasteiger partial charge on any atom is 0.152 e. The van der Waals surface area contributed by atoms with E-state index >= 15 is 0 Å². The Morgan fingerprint density at radius 1 is 1.54 bits per heavy atom. The molecular weight excluding hydrogens is 250 g/mol. The maximum absolute atomic E-state index is 9.68. The molecule has 1 aromatic carbocycles. The number of phenols is 1. The molecule has 2 aromatic rings. The summed E-state index contributed by atoms with van der Waals surface area (Å²) in [5.74, 6) is 0.0712. The van der Waals surface area contributed by atoms with Gasteiger partial charge in [0, 0.05) is 4.47 Å². The fraction of sp³-hybridized carbons (Fsp3) is 0. The SMILES string of the molecule is N#Cc1c(Br)cc2ccsc2c1O. The van der Waals surface area contributed by atoms with Crippen LogP contribution in [0.1, 0.15) is 5.56 Å². The minimum Gasteiger partial charge on any atom is -0.505 e. The lowest BCUT2D eigenvalue weighted by Crippen LogP contribution is -1.78. The van der Waals surface area contributed by atoms with Gasteiger partial charge in [-0.3, -0.25) is 0 Å². The molecule has 0 saturated carbocycles. The normalized spacial score (nSPS) is 10.2. The Bertz CT molecular complexity index is 512. The molecule has 0 aliphatic rings. The zero-order chi connectivity index (χ0) is 9.42. The van der Waals surface area contributed by atoms with Crippen LogP contribution in [0, 0.1) is 11.3 Å². The van der Waals surface area contributed by atoms with Gasteiger partial charge in [0.15, 0.2) is 5.75 Å². The summed E-state index contributed by atoms with van der Waals surface area (Å²) in [7, 11) is 0. The van der Waals surface area contributed by atoms with E-state index in [1.807, 2.05) is 23.6 Å². The fourth-order valence-corrected chi connectivity index (χ4v) is 2.52. The van der Waals surface area contributed by atoms with E-state index in [1.54, 1.807) is 0 Å². The van der Waals surface area contributed by atoms with E-state index in [1.165, 1.54) is 11.3 Å². The number of nitrogens with zero attached hydrogens (tertiary/aromatic N) is 1. The van der Waals surface area contributed by atoms with Crippen LogP contribution >= 0.6 is 27.3 Å². The van der Waals surface area contributed by atoms with Gasteiger partial charge in [-0.1, -0.05) is 0 Å². The van der Waals surface area contributed by atoms with Gasteiger partial charge in [0.2, 0.25) is 0 Å². The second kappa shape index (κ2) is 3.02. The number of nitriles is 1. The highest BCUT2D eigenvalue weighted by molar-refractivity contribution is 9.10. The Labute approximate surface area is 87.2 Å². The molecule has 0 bridgehead atoms. The first-order valence-electron chi connectivity index (χ1n) is 3.53. The molecule has 0 unspecified atom stereocenters. The quantitative estimate of drug-likeness (QED) is 0.784. The maximum atomic E-state index is 9.68. The van der Waals surface area contributed by atoms with Crippen LogP contribution in [0.5, 0.6) is 5.75 Å². The van der Waals surface area contributed by atoms with Crippen molar-refractivity contribution in [1.29, 1.82) is 5.26 Å². The molecule has 0 spiro atoms. The van der Waals surface area contributed by atoms with Crippen LogP contribution in [0.2, 0.25) is 0 Å². The molecular formula is C9H4BrNOS. The Morgan fingerprint density at radius 2 is 2.31 bits per heavy atom. The standard InChI is InChI=1S/C9H4BrNOS/c10-7-3-5-1-2-13-9(5)8(12)6(7)4-11/h1-3,12H. The smallest absolute Gasteiger partial charge is 0.152 e. The minimum atomic E-state index is 0.0712. The second-order valence-corrected chi connectivity index (χ2v) is 4.30. The molecule has 2 rings (SSSR count). The fourth-order valence-electron chi connectivity index (χ4n) is 1.17. The Morgan fingerprint density at radius 3 is 3.00 bits per heavy atom. The minimum absolute atomic E-state index is 0.0712. The Kier molecular flexibility index (Phi) is 1.98. The van der Waals surface area contributed by atoms with E-state index in [0.29, 0.717) is 10.0 Å². The number of phenolic OH excluding ortho intramolecular Hbond substituents is 1. The van der Waals surface area contributed by atoms with Crippen molar-refractivity contribution in [1.82, 2.24) is 0 Å². The highest BCUT2D eigenvalue weighted by atomic mass is 79.9. The third-order valence-corrected chi connectivity index (χ3v) is 3.34. The Balaban J connectivity index is 2.95. The largest absolute Gasteiger partial charge is 0.505 e. The summed E-state index contributed by atoms with van der Waals surface area (Å²) in [6.07, 6.45) is 0. The van der Waals surface area contributed by atoms with Crippen LogP contribution < -0.4 is 0 Å². The summed E-state index contributed by atoms with van der Waals surface area (Å²) in [6.45, 7) is 0. The topological polar surface area (TPSA) is 44.0 Å². The first-order valence-corrected chi connectivity index (χ1v) is 5.20. The van der Waals surface area contributed by atoms with Crippen molar-refractivity contribution in [2.45, 2.75) is 0 Å². The van der Waals surface area contributed by atoms with Crippen molar-refractivity contribution >= 4 is 37.4 Å². The van der Waals surface area contributed by atoms with Crippen molar-refractivity contribution < 1.29 is 5.11 Å². The van der Waals surface area contributed by atoms with Gasteiger partial charge in [-0.25, -0.2) is 0 Å². The number of thiophene rings is 1. The van der Waals surface area contributed by atoms with Gasteiger partial charge in [-0.05, 0) is 38.8 Å². The van der Waals surface area contributed by atoms with Crippen LogP contribution in [0.4, 0.5) is 0 Å². The van der Waals surface area contributed by atoms with Gasteiger partial charge in [0.1, 0.15) is 11.6 Å². The summed E-state index contributed by atoms with van der Waals surface area (Å²) in [5, 5.41) is 21.3. The van der Waals surface area contributed by atoms with Gasteiger partial charge < -0.3 is 5.11 Å². The number of fused-ring (bicyclic) bond motifs is 1. The molecule has 4 heteroatoms. The molecule has 0 radical (unpaired) electrons. The molecule has 1 heterocycles. The number of aromatic hydroxyl groups is 1. The highest BCUT2D eigenvalue weighted by Crippen LogP contribution is 2.37. The number of hydrogen-bond acceptors (Lipinski definition) is 3. The lowest BCUT2D eigenvalue weighted by Gasteiger charge is -1.99. The van der Waals surface area contributed by atoms with Crippen molar-refractivity contribution in [3.8, 4) is 11.8 Å². The van der Waals surface area contributed by atoms with Crippen molar-refractivity contribution in [3.05, 3.63) is 27.5 Å². The van der Waals surface area contributed by atoms with E-state index < -0.39 is 0 Å². The first-order chi connectivity index (χ1) is 6.24. The van der Waals surface area contributed by atoms with Crippen molar-refractivity contribution in [3.63, 3.8) is 0 Å². The molecule has 1 aromatic heterocycles. The van der Waals surface area contributed by atoms with Crippen LogP contribution in [-0.4, -0.2) is 5.11 Å². The highest BCUT2D eigenvalue weighted by Gasteiger charge is 2.11. The lowest BCUT2D eigenvalue weighted by molar-refractivity contribution is 0.480. The van der Waals surface area contributed by atoms with Gasteiger partial charge in [0.25, 0.3) is 0 Å². The van der Waals surface area contributed by atoms with E-state index in [-0.39, 0.29) is 5.75 Å². The average Bonchev–Trinajstić information content (AvgIpc) is 2.53. The van der Waals surface area contributed by atoms with Crippen molar-refractivity contribution in [2.75, 3.05) is 0 Å². The van der Waals surface area contributed by atoms with Gasteiger partial charge in [-0.15, -0.1) is 11.3 Å². The zero-order valence-electron chi connectivity index (χ0n) is 6.41. The van der Waals surface area contributed by atoms with Crippen molar-refractivity contribution in [2.24, 2.45) is 0 Å². The Hall–Kier alpha value is -1.05. The van der Waals surface area contributed by atoms with E-state index in [2.05, 4.69) is 15.9 Å². The molecule has 13 heavy (non-hydrogen) atoms. The summed E-state index contributed by atoms with van der Waals surface area (Å²) < 4.78 is 1.40. The number of benzene rings is 1. The molecule has 1 N–H and O–H groups in total. The number of halogens is 1. The summed E-state index contributed by atoms with van der Waals surface area (Å²) in [5.41, 5.74) is 0.301. The van der Waals surface area contributed by atoms with Crippen LogP contribution in [0.3, 0.4) is 0 Å². The number of hydrogen-bond donors (Lipinski definition) is 1. The molecule has 0 fully saturated rings. The third-order valence-electron chi connectivity index (χ3n) is 1.78. The zero-order valence-corrected chi connectivity index (χ0v) is 8.82. The molecule has 64 valence electrons. The van der Waals surface area contributed by atoms with Crippen LogP contribution in [0.15, 0.2) is 22.0 Å². The van der Waals surface area contributed by atoms with Gasteiger partial charge in [-0.2, -0.15) is 5.26 Å². The van der Waals surface area contributed by atoms with Gasteiger partial charge in [0.05, 0.1) is 4.70 Å². The molecule has 2 nitrogen and oxygen atoms in total. The van der Waals surface area contributed by atoms with E-state index in [9.17, 15) is 5.11 Å². The second-order valence-electron chi connectivity index (χ2n) is 2.53. The average molecular weight is 254 g/mol. The lowest BCUT2D eigenvalue weighted by atomic mass is 10.2. The predicted octanol–water partition coefficient (Wildman–Crippen LogP) is 3.24. The summed E-state index contributed by atoms with van der Waals surface area (Å²) in [4.78, 5) is 0. The molecule has 0 aliphatic carbocycles. The molecule has 0 saturated heterocycles. The molecule has 0 atom stereocenters. The van der Waals surface area contributed by atoms with E-state index in [4.69, 9.17) is 5.26 Å². The predicted molar refractivity (Wildman–Crippen MR) is 55.9 cm³/mol. The third kappa shape index (κ3) is 1.21. The molecule has 0 amide bonds. The summed E-state index contributed by atoms with van der Waals surface area (Å²) in [6, 6.07) is 5.70. The summed E-state index contributed by atoms with van der Waals surface area (Å²) >= 11 is 4.67. The van der Waals surface area contributed by atoms with E-state index in [0.717, 1.165) is 10.1 Å². The van der Waals surface area contributed by atoms with Crippen LogP contribution in [-0.2, 0) is 0 Å². The molecule has 0 aliphatic heterocycles. The monoisotopic (exact) mass is 253 g/mol. The van der Waals surface area contributed by atoms with Crippen LogP contribution in [0.25, 0.3) is 10.1 Å². The number of rotatable bonds is 0. The van der Waals surface area contributed by atoms with Gasteiger partial charge >= 0.3 is 0 Å². The first kappa shape index (κ1) is 8.54.